The summed E-state index contributed by atoms with van der Waals surface area (Å²) in [6.07, 6.45) is 14.5. The molecule has 2 N–H and O–H groups in total. The summed E-state index contributed by atoms with van der Waals surface area (Å²) in [4.78, 5) is 4.51. The quantitative estimate of drug-likeness (QED) is 0.849. The third kappa shape index (κ3) is 3.09. The molecule has 3 rings (SSSR count). The Hall–Kier alpha value is -0.670. The molecule has 3 nitrogen and oxygen atoms in total. The third-order valence-electron chi connectivity index (χ3n) is 4.96. The van der Waals surface area contributed by atoms with Crippen LogP contribution in [0.15, 0.2) is 17.3 Å². The minimum atomic E-state index is 0.157. The topological polar surface area (TPSA) is 47.6 Å². The summed E-state index contributed by atoms with van der Waals surface area (Å²) < 4.78 is 6.27. The number of aliphatic imine (C=N–C) groups is 1. The largest absolute Gasteiger partial charge is 0.377 e. The summed E-state index contributed by atoms with van der Waals surface area (Å²) in [6, 6.07) is 0.157. The molecule has 3 atom stereocenters. The van der Waals surface area contributed by atoms with Crippen molar-refractivity contribution in [2.45, 2.75) is 63.5 Å². The molecule has 0 spiro atoms. The third-order valence-corrected chi connectivity index (χ3v) is 4.96. The second-order valence-electron chi connectivity index (χ2n) is 6.34. The van der Waals surface area contributed by atoms with E-state index in [4.69, 9.17) is 10.5 Å². The van der Waals surface area contributed by atoms with Gasteiger partial charge in [0.25, 0.3) is 0 Å². The standard InChI is InChI=1S/C16H26N2O/c17-14-8-9-15(13-7-4-10-18-16(13)14)19-11-12-5-2-1-3-6-12/h4,10,12-15H,1-3,5-9,11,17H2. The number of hydrogen-bond donors (Lipinski definition) is 1. The fraction of sp³-hybridized carbons (Fsp3) is 0.812. The molecular formula is C16H26N2O. The van der Waals surface area contributed by atoms with Crippen molar-refractivity contribution in [1.82, 2.24) is 0 Å². The molecule has 1 heterocycles. The molecular weight excluding hydrogens is 236 g/mol. The van der Waals surface area contributed by atoms with E-state index in [1.807, 2.05) is 6.20 Å². The Morgan fingerprint density at radius 1 is 1.16 bits per heavy atom. The highest BCUT2D eigenvalue weighted by atomic mass is 16.5. The van der Waals surface area contributed by atoms with Gasteiger partial charge in [0.1, 0.15) is 0 Å². The van der Waals surface area contributed by atoms with Gasteiger partial charge in [-0.05, 0) is 38.0 Å². The van der Waals surface area contributed by atoms with Crippen molar-refractivity contribution in [3.05, 3.63) is 12.3 Å². The number of nitrogens with zero attached hydrogens (tertiary/aromatic N) is 1. The Kier molecular flexibility index (Phi) is 4.34. The average Bonchev–Trinajstić information content (AvgIpc) is 2.48. The van der Waals surface area contributed by atoms with Gasteiger partial charge in [-0.1, -0.05) is 25.3 Å². The summed E-state index contributed by atoms with van der Waals surface area (Å²) >= 11 is 0. The highest BCUT2D eigenvalue weighted by Gasteiger charge is 2.35. The Morgan fingerprint density at radius 2 is 2.00 bits per heavy atom. The molecule has 0 bridgehead atoms. The van der Waals surface area contributed by atoms with E-state index in [-0.39, 0.29) is 6.04 Å². The monoisotopic (exact) mass is 262 g/mol. The molecule has 106 valence electrons. The molecule has 0 aromatic carbocycles. The maximum atomic E-state index is 6.27. The van der Waals surface area contributed by atoms with Gasteiger partial charge in [0, 0.05) is 30.5 Å². The van der Waals surface area contributed by atoms with Crippen LogP contribution in [0.1, 0.15) is 51.4 Å². The zero-order valence-electron chi connectivity index (χ0n) is 11.8. The second kappa shape index (κ2) is 6.19. The molecule has 2 aliphatic carbocycles. The number of rotatable bonds is 3. The molecule has 2 saturated carbocycles. The van der Waals surface area contributed by atoms with E-state index in [9.17, 15) is 0 Å². The number of fused-ring (bicyclic) bond motifs is 1. The van der Waals surface area contributed by atoms with Crippen molar-refractivity contribution in [3.63, 3.8) is 0 Å². The Balaban J connectivity index is 1.55. The van der Waals surface area contributed by atoms with Crippen molar-refractivity contribution < 1.29 is 4.74 Å². The van der Waals surface area contributed by atoms with Gasteiger partial charge < -0.3 is 10.5 Å². The predicted octanol–water partition coefficient (Wildman–Crippen LogP) is 3.05. The lowest BCUT2D eigenvalue weighted by atomic mass is 9.78. The normalized spacial score (nSPS) is 35.8. The lowest BCUT2D eigenvalue weighted by Crippen LogP contribution is -2.47. The van der Waals surface area contributed by atoms with Gasteiger partial charge in [-0.3, -0.25) is 4.99 Å². The predicted molar refractivity (Wildman–Crippen MR) is 78.2 cm³/mol. The summed E-state index contributed by atoms with van der Waals surface area (Å²) in [6.45, 7) is 0.952. The number of allylic oxidation sites excluding steroid dienone is 1. The number of ether oxygens (including phenoxy) is 1. The van der Waals surface area contributed by atoms with E-state index in [1.54, 1.807) is 0 Å². The molecule has 19 heavy (non-hydrogen) atoms. The molecule has 0 amide bonds. The van der Waals surface area contributed by atoms with Gasteiger partial charge in [-0.15, -0.1) is 0 Å². The molecule has 3 aliphatic rings. The molecule has 0 saturated heterocycles. The van der Waals surface area contributed by atoms with Crippen molar-refractivity contribution in [3.8, 4) is 0 Å². The van der Waals surface area contributed by atoms with E-state index in [0.29, 0.717) is 12.0 Å². The van der Waals surface area contributed by atoms with Crippen LogP contribution in [-0.2, 0) is 4.74 Å². The van der Waals surface area contributed by atoms with Crippen molar-refractivity contribution in [2.75, 3.05) is 6.61 Å². The molecule has 0 aromatic heterocycles. The van der Waals surface area contributed by atoms with Crippen LogP contribution < -0.4 is 5.73 Å². The van der Waals surface area contributed by atoms with Gasteiger partial charge in [0.2, 0.25) is 0 Å². The summed E-state index contributed by atoms with van der Waals surface area (Å²) in [5, 5.41) is 0. The Morgan fingerprint density at radius 3 is 2.84 bits per heavy atom. The van der Waals surface area contributed by atoms with E-state index < -0.39 is 0 Å². The van der Waals surface area contributed by atoms with Crippen molar-refractivity contribution in [1.29, 1.82) is 0 Å². The first-order chi connectivity index (χ1) is 9.34. The lowest BCUT2D eigenvalue weighted by Gasteiger charge is -2.37. The van der Waals surface area contributed by atoms with Gasteiger partial charge in [-0.25, -0.2) is 0 Å². The minimum absolute atomic E-state index is 0.157. The minimum Gasteiger partial charge on any atom is -0.377 e. The van der Waals surface area contributed by atoms with Gasteiger partial charge in [0.15, 0.2) is 0 Å². The Labute approximate surface area is 116 Å². The highest BCUT2D eigenvalue weighted by Crippen LogP contribution is 2.31. The molecule has 1 aliphatic heterocycles. The van der Waals surface area contributed by atoms with Crippen molar-refractivity contribution in [2.24, 2.45) is 22.6 Å². The first kappa shape index (κ1) is 13.3. The van der Waals surface area contributed by atoms with Crippen LogP contribution in [0.4, 0.5) is 0 Å². The first-order valence-corrected chi connectivity index (χ1v) is 7.94. The van der Waals surface area contributed by atoms with Gasteiger partial charge in [0.05, 0.1) is 6.10 Å². The van der Waals surface area contributed by atoms with Crippen LogP contribution in [-0.4, -0.2) is 24.5 Å². The number of nitrogens with two attached hydrogens (primary N) is 1. The second-order valence-corrected chi connectivity index (χ2v) is 6.34. The van der Waals surface area contributed by atoms with Gasteiger partial charge >= 0.3 is 0 Å². The molecule has 2 fully saturated rings. The zero-order chi connectivity index (χ0) is 13.1. The van der Waals surface area contributed by atoms with Crippen LogP contribution >= 0.6 is 0 Å². The summed E-state index contributed by atoms with van der Waals surface area (Å²) in [5.74, 6) is 1.24. The molecule has 0 aromatic rings. The first-order valence-electron chi connectivity index (χ1n) is 7.94. The molecule has 3 heteroatoms. The lowest BCUT2D eigenvalue weighted by molar-refractivity contribution is -0.00873. The van der Waals surface area contributed by atoms with Crippen LogP contribution in [0.5, 0.6) is 0 Å². The Bertz CT molecular complexity index is 358. The SMILES string of the molecule is NC1CCC(OCC2CCCCC2)C2CC=CN=C12. The van der Waals surface area contributed by atoms with Crippen LogP contribution in [0.25, 0.3) is 0 Å². The van der Waals surface area contributed by atoms with Crippen molar-refractivity contribution >= 4 is 5.71 Å². The van der Waals surface area contributed by atoms with E-state index in [2.05, 4.69) is 11.1 Å². The van der Waals surface area contributed by atoms with E-state index in [0.717, 1.165) is 31.8 Å². The maximum Gasteiger partial charge on any atom is 0.0659 e. The summed E-state index contributed by atoms with van der Waals surface area (Å²) in [7, 11) is 0. The average molecular weight is 262 g/mol. The highest BCUT2D eigenvalue weighted by molar-refractivity contribution is 5.93. The van der Waals surface area contributed by atoms with E-state index in [1.165, 1.54) is 37.8 Å². The van der Waals surface area contributed by atoms with Crippen LogP contribution in [0.3, 0.4) is 0 Å². The molecule has 0 radical (unpaired) electrons. The number of hydrogen-bond acceptors (Lipinski definition) is 3. The molecule has 3 unspecified atom stereocenters. The maximum absolute atomic E-state index is 6.27. The fourth-order valence-electron chi connectivity index (χ4n) is 3.78. The zero-order valence-corrected chi connectivity index (χ0v) is 11.8. The fourth-order valence-corrected chi connectivity index (χ4v) is 3.78. The van der Waals surface area contributed by atoms with Crippen LogP contribution in [0, 0.1) is 11.8 Å². The smallest absolute Gasteiger partial charge is 0.0659 e. The van der Waals surface area contributed by atoms with Crippen LogP contribution in [0.2, 0.25) is 0 Å². The van der Waals surface area contributed by atoms with E-state index >= 15 is 0 Å². The van der Waals surface area contributed by atoms with Gasteiger partial charge in [-0.2, -0.15) is 0 Å². The summed E-state index contributed by atoms with van der Waals surface area (Å²) in [5.41, 5.74) is 7.35.